The zero-order valence-electron chi connectivity index (χ0n) is 14.4. The molecule has 0 saturated heterocycles. The number of aliphatic imine (C=N–C) groups is 1. The molecule has 0 saturated carbocycles. The molecule has 0 unspecified atom stereocenters. The molecule has 0 atom stereocenters. The number of unbranched alkanes of at least 4 members (excludes halogenated alkanes) is 1. The summed E-state index contributed by atoms with van der Waals surface area (Å²) in [6.45, 7) is 4.66. The Morgan fingerprint density at radius 1 is 0.917 bits per heavy atom. The van der Waals surface area contributed by atoms with E-state index in [1.807, 2.05) is 48.8 Å². The predicted octanol–water partition coefficient (Wildman–Crippen LogP) is 2.60. The number of hydrogen-bond donors (Lipinski definition) is 2. The predicted molar refractivity (Wildman–Crippen MR) is 99.1 cm³/mol. The molecule has 0 aliphatic heterocycles. The van der Waals surface area contributed by atoms with Gasteiger partial charge in [0.1, 0.15) is 0 Å². The third kappa shape index (κ3) is 7.22. The second kappa shape index (κ2) is 11.2. The Kier molecular flexibility index (Phi) is 8.33. The number of hydrogen-bond acceptors (Lipinski definition) is 3. The van der Waals surface area contributed by atoms with Gasteiger partial charge < -0.3 is 10.6 Å². The van der Waals surface area contributed by atoms with Crippen LogP contribution in [0.15, 0.2) is 53.8 Å². The van der Waals surface area contributed by atoms with E-state index >= 15 is 0 Å². The van der Waals surface area contributed by atoms with Crippen LogP contribution in [0.2, 0.25) is 0 Å². The maximum absolute atomic E-state index is 4.63. The summed E-state index contributed by atoms with van der Waals surface area (Å²) in [5.74, 6) is 0.871. The summed E-state index contributed by atoms with van der Waals surface area (Å²) < 4.78 is 0. The molecule has 2 heterocycles. The molecule has 0 aliphatic carbocycles. The van der Waals surface area contributed by atoms with Crippen LogP contribution in [0.4, 0.5) is 0 Å². The smallest absolute Gasteiger partial charge is 0.191 e. The molecular formula is C19H27N5. The van der Waals surface area contributed by atoms with Crippen LogP contribution in [0.1, 0.15) is 31.2 Å². The van der Waals surface area contributed by atoms with Crippen molar-refractivity contribution in [3.8, 4) is 0 Å². The van der Waals surface area contributed by atoms with Gasteiger partial charge in [-0.2, -0.15) is 0 Å². The monoisotopic (exact) mass is 325 g/mol. The second-order valence-corrected chi connectivity index (χ2v) is 5.58. The van der Waals surface area contributed by atoms with Crippen molar-refractivity contribution in [3.63, 3.8) is 0 Å². The van der Waals surface area contributed by atoms with Crippen LogP contribution in [0.5, 0.6) is 0 Å². The van der Waals surface area contributed by atoms with Crippen LogP contribution in [0.3, 0.4) is 0 Å². The van der Waals surface area contributed by atoms with E-state index in [2.05, 4.69) is 32.5 Å². The van der Waals surface area contributed by atoms with Crippen LogP contribution in [0, 0.1) is 0 Å². The van der Waals surface area contributed by atoms with Gasteiger partial charge in [0.15, 0.2) is 5.96 Å². The zero-order chi connectivity index (χ0) is 16.9. The first-order chi connectivity index (χ1) is 11.9. The lowest BCUT2D eigenvalue weighted by molar-refractivity contribution is 0.746. The average molecular weight is 325 g/mol. The van der Waals surface area contributed by atoms with Gasteiger partial charge in [-0.3, -0.25) is 15.0 Å². The van der Waals surface area contributed by atoms with Gasteiger partial charge in [-0.15, -0.1) is 0 Å². The molecule has 0 aliphatic rings. The maximum atomic E-state index is 4.63. The van der Waals surface area contributed by atoms with Gasteiger partial charge in [-0.25, -0.2) is 0 Å². The summed E-state index contributed by atoms with van der Waals surface area (Å²) in [5, 5.41) is 6.78. The Hall–Kier alpha value is -2.43. The first-order valence-corrected chi connectivity index (χ1v) is 8.70. The summed E-state index contributed by atoms with van der Waals surface area (Å²) in [6.07, 6.45) is 7.69. The number of nitrogens with one attached hydrogen (secondary N) is 2. The first-order valence-electron chi connectivity index (χ1n) is 8.70. The minimum atomic E-state index is 0.818. The Labute approximate surface area is 144 Å². The fourth-order valence-corrected chi connectivity index (χ4v) is 2.23. The van der Waals surface area contributed by atoms with Crippen molar-refractivity contribution >= 4 is 5.96 Å². The fourth-order valence-electron chi connectivity index (χ4n) is 2.23. The topological polar surface area (TPSA) is 62.2 Å². The van der Waals surface area contributed by atoms with Gasteiger partial charge >= 0.3 is 0 Å². The third-order valence-electron chi connectivity index (χ3n) is 3.58. The Morgan fingerprint density at radius 2 is 1.50 bits per heavy atom. The van der Waals surface area contributed by atoms with Gasteiger partial charge in [0.25, 0.3) is 0 Å². The standard InChI is InChI=1S/C19H27N5/c1-2-3-12-22-19(23-15-10-17-8-4-6-13-20-17)24-16-11-18-9-5-7-14-21-18/h4-9,13-14H,2-3,10-12,15-16H2,1H3,(H2,22,23,24). The molecule has 0 spiro atoms. The molecule has 24 heavy (non-hydrogen) atoms. The molecule has 2 N–H and O–H groups in total. The minimum absolute atomic E-state index is 0.818. The molecule has 0 aromatic carbocycles. The van der Waals surface area contributed by atoms with Crippen molar-refractivity contribution in [2.45, 2.75) is 32.6 Å². The number of nitrogens with zero attached hydrogens (tertiary/aromatic N) is 3. The van der Waals surface area contributed by atoms with Gasteiger partial charge in [0, 0.05) is 56.3 Å². The summed E-state index contributed by atoms with van der Waals surface area (Å²) in [5.41, 5.74) is 2.18. The number of aromatic nitrogens is 2. The maximum Gasteiger partial charge on any atom is 0.191 e. The first kappa shape index (κ1) is 17.9. The second-order valence-electron chi connectivity index (χ2n) is 5.58. The molecule has 0 fully saturated rings. The van der Waals surface area contributed by atoms with Crippen molar-refractivity contribution in [1.82, 2.24) is 20.6 Å². The lowest BCUT2D eigenvalue weighted by Gasteiger charge is -2.12. The van der Waals surface area contributed by atoms with E-state index in [4.69, 9.17) is 0 Å². The van der Waals surface area contributed by atoms with Crippen LogP contribution in [-0.4, -0.2) is 35.6 Å². The third-order valence-corrected chi connectivity index (χ3v) is 3.58. The van der Waals surface area contributed by atoms with Gasteiger partial charge in [0.05, 0.1) is 0 Å². The SMILES string of the molecule is CCCCN=C(NCCc1ccccn1)NCCc1ccccn1. The van der Waals surface area contributed by atoms with Crippen molar-refractivity contribution in [2.75, 3.05) is 19.6 Å². The molecule has 2 rings (SSSR count). The van der Waals surface area contributed by atoms with Crippen LogP contribution < -0.4 is 10.6 Å². The minimum Gasteiger partial charge on any atom is -0.356 e. The lowest BCUT2D eigenvalue weighted by atomic mass is 10.2. The Bertz CT molecular complexity index is 536. The van der Waals surface area contributed by atoms with Gasteiger partial charge in [-0.05, 0) is 30.7 Å². The number of rotatable bonds is 9. The Morgan fingerprint density at radius 3 is 1.96 bits per heavy atom. The fraction of sp³-hybridized carbons (Fsp3) is 0.421. The van der Waals surface area contributed by atoms with Crippen molar-refractivity contribution < 1.29 is 0 Å². The van der Waals surface area contributed by atoms with E-state index in [-0.39, 0.29) is 0 Å². The highest BCUT2D eigenvalue weighted by Gasteiger charge is 2.00. The molecule has 5 nitrogen and oxygen atoms in total. The summed E-state index contributed by atoms with van der Waals surface area (Å²) >= 11 is 0. The molecule has 5 heteroatoms. The van der Waals surface area contributed by atoms with E-state index in [1.54, 1.807) is 0 Å². The molecule has 2 aromatic rings. The number of pyridine rings is 2. The summed E-state index contributed by atoms with van der Waals surface area (Å²) in [7, 11) is 0. The Balaban J connectivity index is 1.77. The van der Waals surface area contributed by atoms with Gasteiger partial charge in [0.2, 0.25) is 0 Å². The van der Waals surface area contributed by atoms with E-state index in [0.717, 1.165) is 62.7 Å². The highest BCUT2D eigenvalue weighted by atomic mass is 15.2. The van der Waals surface area contributed by atoms with Crippen molar-refractivity contribution in [3.05, 3.63) is 60.2 Å². The summed E-state index contributed by atoms with van der Waals surface area (Å²) in [6, 6.07) is 12.0. The highest BCUT2D eigenvalue weighted by molar-refractivity contribution is 5.79. The van der Waals surface area contributed by atoms with E-state index < -0.39 is 0 Å². The van der Waals surface area contributed by atoms with E-state index in [9.17, 15) is 0 Å². The van der Waals surface area contributed by atoms with Gasteiger partial charge in [-0.1, -0.05) is 25.5 Å². The molecular weight excluding hydrogens is 298 g/mol. The van der Waals surface area contributed by atoms with Crippen LogP contribution >= 0.6 is 0 Å². The average Bonchev–Trinajstić information content (AvgIpc) is 2.63. The number of guanidine groups is 1. The molecule has 2 aromatic heterocycles. The molecule has 128 valence electrons. The quantitative estimate of drug-likeness (QED) is 0.423. The van der Waals surface area contributed by atoms with Crippen LogP contribution in [0.25, 0.3) is 0 Å². The van der Waals surface area contributed by atoms with Crippen molar-refractivity contribution in [1.29, 1.82) is 0 Å². The highest BCUT2D eigenvalue weighted by Crippen LogP contribution is 1.95. The molecule has 0 bridgehead atoms. The summed E-state index contributed by atoms with van der Waals surface area (Å²) in [4.78, 5) is 13.3. The molecule has 0 amide bonds. The lowest BCUT2D eigenvalue weighted by Crippen LogP contribution is -2.39. The van der Waals surface area contributed by atoms with E-state index in [0.29, 0.717) is 0 Å². The van der Waals surface area contributed by atoms with E-state index in [1.165, 1.54) is 0 Å². The largest absolute Gasteiger partial charge is 0.356 e. The van der Waals surface area contributed by atoms with Crippen LogP contribution in [-0.2, 0) is 12.8 Å². The molecule has 0 radical (unpaired) electrons. The zero-order valence-corrected chi connectivity index (χ0v) is 14.4. The normalized spacial score (nSPS) is 10.2. The van der Waals surface area contributed by atoms with Crippen molar-refractivity contribution in [2.24, 2.45) is 4.99 Å².